The molecular weight excluding hydrogens is 212 g/mol. The monoisotopic (exact) mass is 220 g/mol. The molecule has 1 aromatic heterocycles. The van der Waals surface area contributed by atoms with Crippen LogP contribution >= 0.6 is 12.0 Å². The van der Waals surface area contributed by atoms with Gasteiger partial charge in [-0.25, -0.2) is 0 Å². The lowest BCUT2D eigenvalue weighted by Crippen LogP contribution is -1.92. The summed E-state index contributed by atoms with van der Waals surface area (Å²) in [7, 11) is 0. The molecule has 15 heavy (non-hydrogen) atoms. The van der Waals surface area contributed by atoms with Crippen molar-refractivity contribution in [3.8, 4) is 0 Å². The van der Waals surface area contributed by atoms with E-state index in [-0.39, 0.29) is 5.97 Å². The van der Waals surface area contributed by atoms with Gasteiger partial charge in [0.1, 0.15) is 12.0 Å². The molecule has 4 nitrogen and oxygen atoms in total. The number of rotatable bonds is 2. The molecule has 0 aliphatic rings. The fourth-order valence-electron chi connectivity index (χ4n) is 1.16. The molecule has 0 unspecified atom stereocenters. The Balaban J connectivity index is 2.38. The van der Waals surface area contributed by atoms with Crippen molar-refractivity contribution in [1.29, 1.82) is 0 Å². The second-order valence-electron chi connectivity index (χ2n) is 2.90. The third-order valence-electron chi connectivity index (χ3n) is 1.77. The molecule has 0 fully saturated rings. The first kappa shape index (κ1) is 9.92. The molecule has 0 saturated carbocycles. The Labute approximate surface area is 90.9 Å². The Morgan fingerprint density at radius 3 is 3.00 bits per heavy atom. The summed E-state index contributed by atoms with van der Waals surface area (Å²) in [5.74, 6) is -0.352. The van der Waals surface area contributed by atoms with Gasteiger partial charge in [0.15, 0.2) is 5.03 Å². The largest absolute Gasteiger partial charge is 0.384 e. The van der Waals surface area contributed by atoms with Crippen LogP contribution in [-0.4, -0.2) is 16.2 Å². The van der Waals surface area contributed by atoms with E-state index in [4.69, 9.17) is 4.18 Å². The molecule has 0 saturated heterocycles. The molecule has 1 heterocycles. The second kappa shape index (κ2) is 4.27. The second-order valence-corrected chi connectivity index (χ2v) is 3.62. The number of hydrogen-bond donors (Lipinski definition) is 0. The number of carbonyl (C=O) groups is 1. The van der Waals surface area contributed by atoms with E-state index in [9.17, 15) is 4.79 Å². The van der Waals surface area contributed by atoms with Crippen molar-refractivity contribution in [1.82, 2.24) is 10.2 Å². The van der Waals surface area contributed by atoms with Crippen LogP contribution < -0.4 is 0 Å². The van der Waals surface area contributed by atoms with Crippen LogP contribution in [0.25, 0.3) is 10.8 Å². The minimum absolute atomic E-state index is 0.352. The highest BCUT2D eigenvalue weighted by molar-refractivity contribution is 7.95. The first-order valence-corrected chi connectivity index (χ1v) is 5.07. The number of benzene rings is 1. The van der Waals surface area contributed by atoms with Crippen molar-refractivity contribution in [2.45, 2.75) is 11.9 Å². The maximum absolute atomic E-state index is 10.7. The van der Waals surface area contributed by atoms with Crippen LogP contribution in [0.2, 0.25) is 0 Å². The maximum Gasteiger partial charge on any atom is 0.315 e. The summed E-state index contributed by atoms with van der Waals surface area (Å²) in [6.45, 7) is 1.35. The molecule has 2 aromatic rings. The fourth-order valence-corrected chi connectivity index (χ4v) is 1.71. The zero-order valence-corrected chi connectivity index (χ0v) is 8.82. The van der Waals surface area contributed by atoms with Gasteiger partial charge >= 0.3 is 5.97 Å². The van der Waals surface area contributed by atoms with Gasteiger partial charge in [-0.1, -0.05) is 24.3 Å². The zero-order chi connectivity index (χ0) is 10.7. The first-order chi connectivity index (χ1) is 7.27. The van der Waals surface area contributed by atoms with Crippen molar-refractivity contribution >= 4 is 28.8 Å². The van der Waals surface area contributed by atoms with Crippen molar-refractivity contribution in [3.63, 3.8) is 0 Å². The van der Waals surface area contributed by atoms with E-state index in [0.717, 1.165) is 22.8 Å². The van der Waals surface area contributed by atoms with Crippen molar-refractivity contribution in [3.05, 3.63) is 30.5 Å². The molecule has 0 aliphatic heterocycles. The summed E-state index contributed by atoms with van der Waals surface area (Å²) in [5.41, 5.74) is 0. The van der Waals surface area contributed by atoms with Crippen LogP contribution in [0, 0.1) is 0 Å². The predicted molar refractivity (Wildman–Crippen MR) is 57.2 cm³/mol. The molecule has 0 atom stereocenters. The lowest BCUT2D eigenvalue weighted by Gasteiger charge is -2.01. The number of nitrogens with zero attached hydrogens (tertiary/aromatic N) is 2. The van der Waals surface area contributed by atoms with Crippen LogP contribution in [-0.2, 0) is 8.98 Å². The molecular formula is C10H8N2O2S. The van der Waals surface area contributed by atoms with Crippen molar-refractivity contribution < 1.29 is 8.98 Å². The van der Waals surface area contributed by atoms with E-state index in [2.05, 4.69) is 10.2 Å². The molecule has 5 heteroatoms. The van der Waals surface area contributed by atoms with E-state index in [1.54, 1.807) is 6.20 Å². The molecule has 0 amide bonds. The van der Waals surface area contributed by atoms with Gasteiger partial charge in [-0.2, -0.15) is 5.10 Å². The normalized spacial score (nSPS) is 10.2. The van der Waals surface area contributed by atoms with Gasteiger partial charge in [0.25, 0.3) is 0 Å². The van der Waals surface area contributed by atoms with Gasteiger partial charge in [0, 0.05) is 17.7 Å². The van der Waals surface area contributed by atoms with Gasteiger partial charge < -0.3 is 4.18 Å². The summed E-state index contributed by atoms with van der Waals surface area (Å²) in [4.78, 5) is 10.7. The van der Waals surface area contributed by atoms with Crippen molar-refractivity contribution in [2.75, 3.05) is 0 Å². The highest BCUT2D eigenvalue weighted by Crippen LogP contribution is 2.24. The highest BCUT2D eigenvalue weighted by atomic mass is 32.2. The predicted octanol–water partition coefficient (Wildman–Crippen LogP) is 2.20. The number of fused-ring (bicyclic) bond motifs is 1. The minimum atomic E-state index is -0.352. The average Bonchev–Trinajstić information content (AvgIpc) is 2.26. The SMILES string of the molecule is CC(=O)OSc1nncc2ccccc12. The third-order valence-corrected chi connectivity index (χ3v) is 2.55. The fraction of sp³-hybridized carbons (Fsp3) is 0.100. The minimum Gasteiger partial charge on any atom is -0.384 e. The Morgan fingerprint density at radius 1 is 1.40 bits per heavy atom. The summed E-state index contributed by atoms with van der Waals surface area (Å²) < 4.78 is 4.81. The van der Waals surface area contributed by atoms with Crippen LogP contribution in [0.15, 0.2) is 35.5 Å². The molecule has 0 spiro atoms. The topological polar surface area (TPSA) is 52.1 Å². The lowest BCUT2D eigenvalue weighted by molar-refractivity contribution is -0.130. The summed E-state index contributed by atoms with van der Waals surface area (Å²) in [5, 5.41) is 10.2. The van der Waals surface area contributed by atoms with E-state index < -0.39 is 0 Å². The molecule has 0 radical (unpaired) electrons. The molecule has 76 valence electrons. The Kier molecular flexibility index (Phi) is 2.82. The Hall–Kier alpha value is -1.62. The van der Waals surface area contributed by atoms with E-state index in [1.165, 1.54) is 6.92 Å². The zero-order valence-electron chi connectivity index (χ0n) is 8.01. The van der Waals surface area contributed by atoms with Gasteiger partial charge in [-0.15, -0.1) is 5.10 Å². The van der Waals surface area contributed by atoms with E-state index in [0.29, 0.717) is 5.03 Å². The van der Waals surface area contributed by atoms with Gasteiger partial charge in [-0.3, -0.25) is 4.79 Å². The number of carbonyl (C=O) groups excluding carboxylic acids is 1. The smallest absolute Gasteiger partial charge is 0.315 e. The Bertz CT molecular complexity index is 496. The summed E-state index contributed by atoms with van der Waals surface area (Å²) in [6, 6.07) is 7.67. The van der Waals surface area contributed by atoms with Gasteiger partial charge in [0.05, 0.1) is 6.20 Å². The summed E-state index contributed by atoms with van der Waals surface area (Å²) in [6.07, 6.45) is 1.67. The quantitative estimate of drug-likeness (QED) is 0.726. The Morgan fingerprint density at radius 2 is 2.20 bits per heavy atom. The van der Waals surface area contributed by atoms with Gasteiger partial charge in [-0.05, 0) is 0 Å². The van der Waals surface area contributed by atoms with Crippen LogP contribution in [0.3, 0.4) is 0 Å². The van der Waals surface area contributed by atoms with E-state index >= 15 is 0 Å². The number of aromatic nitrogens is 2. The van der Waals surface area contributed by atoms with Crippen LogP contribution in [0.4, 0.5) is 0 Å². The first-order valence-electron chi connectivity index (χ1n) is 4.33. The molecule has 0 bridgehead atoms. The summed E-state index contributed by atoms with van der Waals surface area (Å²) >= 11 is 0.935. The maximum atomic E-state index is 10.7. The van der Waals surface area contributed by atoms with Crippen molar-refractivity contribution in [2.24, 2.45) is 0 Å². The highest BCUT2D eigenvalue weighted by Gasteiger charge is 2.05. The molecule has 2 rings (SSSR count). The van der Waals surface area contributed by atoms with E-state index in [1.807, 2.05) is 24.3 Å². The van der Waals surface area contributed by atoms with Crippen LogP contribution in [0.1, 0.15) is 6.92 Å². The van der Waals surface area contributed by atoms with Crippen LogP contribution in [0.5, 0.6) is 0 Å². The molecule has 1 aromatic carbocycles. The number of hydrogen-bond acceptors (Lipinski definition) is 5. The standard InChI is InChI=1S/C10H8N2O2S/c1-7(13)14-15-10-9-5-3-2-4-8(9)6-11-12-10/h2-6H,1H3. The van der Waals surface area contributed by atoms with Gasteiger partial charge in [0.2, 0.25) is 0 Å². The lowest BCUT2D eigenvalue weighted by atomic mass is 10.2. The third kappa shape index (κ3) is 2.24. The average molecular weight is 220 g/mol. The molecule has 0 N–H and O–H groups in total. The molecule has 0 aliphatic carbocycles.